The summed E-state index contributed by atoms with van der Waals surface area (Å²) in [6.45, 7) is 2.93. The molecule has 0 atom stereocenters. The van der Waals surface area contributed by atoms with E-state index in [1.807, 2.05) is 6.92 Å². The van der Waals surface area contributed by atoms with Gasteiger partial charge in [0.25, 0.3) is 11.8 Å². The summed E-state index contributed by atoms with van der Waals surface area (Å²) >= 11 is 0. The van der Waals surface area contributed by atoms with Gasteiger partial charge in [-0.1, -0.05) is 12.1 Å². The molecule has 2 N–H and O–H groups in total. The number of anilines is 1. The van der Waals surface area contributed by atoms with Crippen LogP contribution in [0.25, 0.3) is 0 Å². The molecule has 3 rings (SSSR count). The maximum atomic E-state index is 12.9. The van der Waals surface area contributed by atoms with E-state index in [0.29, 0.717) is 24.3 Å². The first-order valence-corrected chi connectivity index (χ1v) is 8.79. The van der Waals surface area contributed by atoms with Gasteiger partial charge < -0.3 is 15.5 Å². The zero-order valence-electron chi connectivity index (χ0n) is 15.7. The number of benzene rings is 2. The zero-order valence-corrected chi connectivity index (χ0v) is 16.5. The van der Waals surface area contributed by atoms with Crippen molar-refractivity contribution in [1.29, 1.82) is 0 Å². The van der Waals surface area contributed by atoms with Crippen molar-refractivity contribution < 1.29 is 22.8 Å². The molecular weight excluding hydrogens is 407 g/mol. The van der Waals surface area contributed by atoms with Crippen LogP contribution in [0.3, 0.4) is 0 Å². The van der Waals surface area contributed by atoms with Crippen LogP contribution in [0.4, 0.5) is 18.9 Å². The number of amides is 2. The van der Waals surface area contributed by atoms with Gasteiger partial charge in [0, 0.05) is 43.0 Å². The number of nitrogens with two attached hydrogens (primary N) is 1. The van der Waals surface area contributed by atoms with Crippen LogP contribution in [0, 0.1) is 6.92 Å². The van der Waals surface area contributed by atoms with Crippen LogP contribution in [0.15, 0.2) is 42.5 Å². The second kappa shape index (κ2) is 8.73. The molecule has 1 saturated heterocycles. The van der Waals surface area contributed by atoms with Crippen molar-refractivity contribution in [1.82, 2.24) is 9.80 Å². The Hall–Kier alpha value is -2.74. The molecule has 156 valence electrons. The van der Waals surface area contributed by atoms with Gasteiger partial charge in [-0.2, -0.15) is 13.2 Å². The summed E-state index contributed by atoms with van der Waals surface area (Å²) in [6, 6.07) is 9.49. The Morgan fingerprint density at radius 3 is 2.10 bits per heavy atom. The Morgan fingerprint density at radius 2 is 1.52 bits per heavy atom. The normalized spacial score (nSPS) is 14.3. The number of aryl methyl sites for hydroxylation is 1. The molecule has 0 radical (unpaired) electrons. The van der Waals surface area contributed by atoms with Gasteiger partial charge in [0.15, 0.2) is 0 Å². The van der Waals surface area contributed by atoms with Gasteiger partial charge in [-0.05, 0) is 42.8 Å². The molecule has 1 aliphatic heterocycles. The number of rotatable bonds is 2. The Morgan fingerprint density at radius 1 is 0.931 bits per heavy atom. The van der Waals surface area contributed by atoms with Crippen molar-refractivity contribution >= 4 is 29.9 Å². The second-order valence-electron chi connectivity index (χ2n) is 6.74. The average Bonchev–Trinajstić information content (AvgIpc) is 2.68. The minimum absolute atomic E-state index is 0. The molecule has 0 unspecified atom stereocenters. The molecular formula is C20H21ClF3N3O2. The smallest absolute Gasteiger partial charge is 0.399 e. The van der Waals surface area contributed by atoms with E-state index >= 15 is 0 Å². The SMILES string of the molecule is Cc1ccc(N)cc1C(=O)N1CCN(C(=O)c2cccc(C(F)(F)F)c2)CC1.Cl. The summed E-state index contributed by atoms with van der Waals surface area (Å²) in [7, 11) is 0. The molecule has 1 fully saturated rings. The summed E-state index contributed by atoms with van der Waals surface area (Å²) in [5, 5.41) is 0. The molecule has 2 aromatic rings. The average molecular weight is 428 g/mol. The molecule has 0 aliphatic carbocycles. The van der Waals surface area contributed by atoms with E-state index in [2.05, 4.69) is 0 Å². The zero-order chi connectivity index (χ0) is 20.5. The second-order valence-corrected chi connectivity index (χ2v) is 6.74. The van der Waals surface area contributed by atoms with Crippen molar-refractivity contribution in [3.05, 3.63) is 64.7 Å². The Balaban J connectivity index is 0.00000300. The first kappa shape index (κ1) is 22.5. The van der Waals surface area contributed by atoms with Gasteiger partial charge in [-0.15, -0.1) is 12.4 Å². The summed E-state index contributed by atoms with van der Waals surface area (Å²) in [6.07, 6.45) is -4.50. The Kier molecular flexibility index (Phi) is 6.79. The van der Waals surface area contributed by atoms with Crippen LogP contribution >= 0.6 is 12.4 Å². The monoisotopic (exact) mass is 427 g/mol. The summed E-state index contributed by atoms with van der Waals surface area (Å²) in [4.78, 5) is 28.4. The topological polar surface area (TPSA) is 66.6 Å². The Bertz CT molecular complexity index is 910. The lowest BCUT2D eigenvalue weighted by Crippen LogP contribution is -2.50. The number of halogens is 4. The first-order chi connectivity index (χ1) is 13.2. The van der Waals surface area contributed by atoms with Crippen molar-refractivity contribution in [2.75, 3.05) is 31.9 Å². The molecule has 0 spiro atoms. The molecule has 5 nitrogen and oxygen atoms in total. The van der Waals surface area contributed by atoms with Crippen LogP contribution in [0.5, 0.6) is 0 Å². The van der Waals surface area contributed by atoms with Gasteiger partial charge in [-0.3, -0.25) is 9.59 Å². The molecule has 2 amide bonds. The van der Waals surface area contributed by atoms with Gasteiger partial charge >= 0.3 is 6.18 Å². The van der Waals surface area contributed by atoms with Crippen LogP contribution in [0.1, 0.15) is 31.8 Å². The highest BCUT2D eigenvalue weighted by atomic mass is 35.5. The molecule has 1 aliphatic rings. The number of nitrogens with zero attached hydrogens (tertiary/aromatic N) is 2. The summed E-state index contributed by atoms with van der Waals surface area (Å²) in [5.41, 5.74) is 6.70. The summed E-state index contributed by atoms with van der Waals surface area (Å²) in [5.74, 6) is -0.644. The van der Waals surface area contributed by atoms with E-state index in [4.69, 9.17) is 5.73 Å². The molecule has 2 aromatic carbocycles. The third-order valence-electron chi connectivity index (χ3n) is 4.78. The standard InChI is InChI=1S/C20H20F3N3O2.ClH/c1-13-5-6-16(24)12-17(13)19(28)26-9-7-25(8-10-26)18(27)14-3-2-4-15(11-14)20(21,22)23;/h2-6,11-12H,7-10,24H2,1H3;1H. The van der Waals surface area contributed by atoms with Crippen molar-refractivity contribution in [2.24, 2.45) is 0 Å². The van der Waals surface area contributed by atoms with E-state index in [0.717, 1.165) is 17.7 Å². The van der Waals surface area contributed by atoms with Gasteiger partial charge in [0.2, 0.25) is 0 Å². The number of carbonyl (C=O) groups excluding carboxylic acids is 2. The largest absolute Gasteiger partial charge is 0.416 e. The molecule has 0 saturated carbocycles. The molecule has 0 bridgehead atoms. The predicted octanol–water partition coefficient (Wildman–Crippen LogP) is 3.62. The Labute approximate surface area is 172 Å². The number of nitrogen functional groups attached to an aromatic ring is 1. The minimum atomic E-state index is -4.50. The predicted molar refractivity (Wildman–Crippen MR) is 106 cm³/mol. The number of piperazine rings is 1. The van der Waals surface area contributed by atoms with Gasteiger partial charge in [0.05, 0.1) is 5.56 Å². The number of hydrogen-bond acceptors (Lipinski definition) is 3. The van der Waals surface area contributed by atoms with E-state index in [1.165, 1.54) is 17.0 Å². The van der Waals surface area contributed by atoms with Crippen LogP contribution < -0.4 is 5.73 Å². The minimum Gasteiger partial charge on any atom is -0.399 e. The third-order valence-corrected chi connectivity index (χ3v) is 4.78. The fourth-order valence-electron chi connectivity index (χ4n) is 3.16. The molecule has 0 aromatic heterocycles. The lowest BCUT2D eigenvalue weighted by molar-refractivity contribution is -0.137. The fourth-order valence-corrected chi connectivity index (χ4v) is 3.16. The highest BCUT2D eigenvalue weighted by Crippen LogP contribution is 2.30. The fraction of sp³-hybridized carbons (Fsp3) is 0.300. The van der Waals surface area contributed by atoms with Gasteiger partial charge in [0.1, 0.15) is 0 Å². The molecule has 1 heterocycles. The number of alkyl halides is 3. The van der Waals surface area contributed by atoms with E-state index in [-0.39, 0.29) is 37.0 Å². The lowest BCUT2D eigenvalue weighted by Gasteiger charge is -2.35. The third kappa shape index (κ3) is 5.00. The first-order valence-electron chi connectivity index (χ1n) is 8.79. The highest BCUT2D eigenvalue weighted by Gasteiger charge is 2.32. The quantitative estimate of drug-likeness (QED) is 0.744. The van der Waals surface area contributed by atoms with Crippen molar-refractivity contribution in [2.45, 2.75) is 13.1 Å². The van der Waals surface area contributed by atoms with E-state index in [1.54, 1.807) is 23.1 Å². The van der Waals surface area contributed by atoms with E-state index in [9.17, 15) is 22.8 Å². The van der Waals surface area contributed by atoms with Crippen LogP contribution in [-0.4, -0.2) is 47.8 Å². The maximum Gasteiger partial charge on any atom is 0.416 e. The number of hydrogen-bond donors (Lipinski definition) is 1. The van der Waals surface area contributed by atoms with Crippen LogP contribution in [0.2, 0.25) is 0 Å². The van der Waals surface area contributed by atoms with Crippen molar-refractivity contribution in [3.8, 4) is 0 Å². The highest BCUT2D eigenvalue weighted by molar-refractivity contribution is 5.97. The van der Waals surface area contributed by atoms with Gasteiger partial charge in [-0.25, -0.2) is 0 Å². The molecule has 29 heavy (non-hydrogen) atoms. The van der Waals surface area contributed by atoms with Crippen LogP contribution in [-0.2, 0) is 6.18 Å². The summed E-state index contributed by atoms with van der Waals surface area (Å²) < 4.78 is 38.6. The number of carbonyl (C=O) groups is 2. The van der Waals surface area contributed by atoms with Crippen molar-refractivity contribution in [3.63, 3.8) is 0 Å². The molecule has 9 heteroatoms. The van der Waals surface area contributed by atoms with E-state index < -0.39 is 17.6 Å². The lowest BCUT2D eigenvalue weighted by atomic mass is 10.1. The maximum absolute atomic E-state index is 12.9.